The minimum Gasteiger partial charge on any atom is -0.478 e. The first-order chi connectivity index (χ1) is 8.15. The van der Waals surface area contributed by atoms with E-state index >= 15 is 0 Å². The molecule has 1 fully saturated rings. The van der Waals surface area contributed by atoms with Crippen molar-refractivity contribution in [2.75, 3.05) is 19.6 Å². The molecule has 17 heavy (non-hydrogen) atoms. The van der Waals surface area contributed by atoms with Gasteiger partial charge in [0.05, 0.1) is 5.56 Å². The van der Waals surface area contributed by atoms with Gasteiger partial charge < -0.3 is 10.0 Å². The molecule has 1 heterocycles. The molecule has 0 spiro atoms. The number of carboxylic acids is 1. The van der Waals surface area contributed by atoms with E-state index in [-0.39, 0.29) is 0 Å². The summed E-state index contributed by atoms with van der Waals surface area (Å²) in [6.45, 7) is 5.68. The van der Waals surface area contributed by atoms with Gasteiger partial charge in [0.1, 0.15) is 0 Å². The van der Waals surface area contributed by atoms with Gasteiger partial charge in [-0.15, -0.1) is 0 Å². The van der Waals surface area contributed by atoms with Crippen molar-refractivity contribution in [2.24, 2.45) is 5.92 Å². The fourth-order valence-electron chi connectivity index (χ4n) is 2.38. The predicted octanol–water partition coefficient (Wildman–Crippen LogP) is 2.27. The second-order valence-corrected chi connectivity index (χ2v) is 4.95. The number of rotatable bonds is 4. The van der Waals surface area contributed by atoms with Crippen LogP contribution in [-0.4, -0.2) is 35.6 Å². The average molecular weight is 233 g/mol. The first kappa shape index (κ1) is 12.1. The Labute approximate surface area is 102 Å². The number of likely N-dealkylation sites (tertiary alicyclic amines) is 1. The third-order valence-electron chi connectivity index (χ3n) is 3.40. The molecule has 0 radical (unpaired) electrons. The van der Waals surface area contributed by atoms with E-state index in [4.69, 9.17) is 5.11 Å². The lowest BCUT2D eigenvalue weighted by atomic mass is 10.1. The molecule has 3 nitrogen and oxygen atoms in total. The molecule has 92 valence electrons. The van der Waals surface area contributed by atoms with Crippen LogP contribution in [0.2, 0.25) is 0 Å². The van der Waals surface area contributed by atoms with Crippen molar-refractivity contribution in [3.05, 3.63) is 35.4 Å². The van der Waals surface area contributed by atoms with Crippen molar-refractivity contribution in [1.29, 1.82) is 0 Å². The average Bonchev–Trinajstić information content (AvgIpc) is 2.73. The number of hydrogen-bond acceptors (Lipinski definition) is 2. The van der Waals surface area contributed by atoms with Gasteiger partial charge in [-0.2, -0.15) is 0 Å². The summed E-state index contributed by atoms with van der Waals surface area (Å²) in [6.07, 6.45) is 2.23. The van der Waals surface area contributed by atoms with E-state index in [1.54, 1.807) is 12.1 Å². The Bertz CT molecular complexity index is 403. The van der Waals surface area contributed by atoms with Crippen LogP contribution in [0.5, 0.6) is 0 Å². The van der Waals surface area contributed by atoms with Crippen LogP contribution < -0.4 is 0 Å². The summed E-state index contributed by atoms with van der Waals surface area (Å²) in [7, 11) is 0. The Kier molecular flexibility index (Phi) is 3.79. The van der Waals surface area contributed by atoms with Crippen LogP contribution in [0.15, 0.2) is 24.3 Å². The molecule has 1 saturated heterocycles. The van der Waals surface area contributed by atoms with E-state index < -0.39 is 5.97 Å². The lowest BCUT2D eigenvalue weighted by Crippen LogP contribution is -2.23. The van der Waals surface area contributed by atoms with E-state index in [0.717, 1.165) is 24.4 Å². The number of hydrogen-bond donors (Lipinski definition) is 1. The molecule has 0 aromatic heterocycles. The van der Waals surface area contributed by atoms with E-state index in [1.165, 1.54) is 19.5 Å². The molecular weight excluding hydrogens is 214 g/mol. The third-order valence-corrected chi connectivity index (χ3v) is 3.40. The Balaban J connectivity index is 1.90. The fraction of sp³-hybridized carbons (Fsp3) is 0.500. The predicted molar refractivity (Wildman–Crippen MR) is 67.3 cm³/mol. The van der Waals surface area contributed by atoms with Crippen molar-refractivity contribution < 1.29 is 9.90 Å². The highest BCUT2D eigenvalue weighted by molar-refractivity contribution is 5.87. The normalized spacial score (nSPS) is 20.6. The zero-order valence-electron chi connectivity index (χ0n) is 10.2. The summed E-state index contributed by atoms with van der Waals surface area (Å²) >= 11 is 0. The Morgan fingerprint density at radius 3 is 3.00 bits per heavy atom. The number of benzene rings is 1. The molecular formula is C14H19NO2. The molecule has 3 heteroatoms. The standard InChI is InChI=1S/C14H19NO2/c1-11-5-7-15(10-11)8-6-12-3-2-4-13(9-12)14(16)17/h2-4,9,11H,5-8,10H2,1H3,(H,16,17). The minimum absolute atomic E-state index is 0.386. The Hall–Kier alpha value is -1.35. The van der Waals surface area contributed by atoms with Crippen LogP contribution in [0.3, 0.4) is 0 Å². The van der Waals surface area contributed by atoms with Crippen LogP contribution in [-0.2, 0) is 6.42 Å². The Morgan fingerprint density at radius 2 is 2.35 bits per heavy atom. The quantitative estimate of drug-likeness (QED) is 0.867. The van der Waals surface area contributed by atoms with Gasteiger partial charge in [0.2, 0.25) is 0 Å². The number of aromatic carboxylic acids is 1. The number of carbonyl (C=O) groups is 1. The molecule has 1 aromatic carbocycles. The van der Waals surface area contributed by atoms with Gasteiger partial charge in [-0.1, -0.05) is 19.1 Å². The molecule has 1 unspecified atom stereocenters. The van der Waals surface area contributed by atoms with Crippen LogP contribution >= 0.6 is 0 Å². The highest BCUT2D eigenvalue weighted by Crippen LogP contribution is 2.15. The summed E-state index contributed by atoms with van der Waals surface area (Å²) < 4.78 is 0. The second kappa shape index (κ2) is 5.32. The zero-order chi connectivity index (χ0) is 12.3. The van der Waals surface area contributed by atoms with Gasteiger partial charge >= 0.3 is 5.97 Å². The van der Waals surface area contributed by atoms with E-state index in [9.17, 15) is 4.79 Å². The Morgan fingerprint density at radius 1 is 1.53 bits per heavy atom. The molecule has 0 aliphatic carbocycles. The van der Waals surface area contributed by atoms with Crippen LogP contribution in [0.25, 0.3) is 0 Å². The van der Waals surface area contributed by atoms with Crippen molar-refractivity contribution in [3.63, 3.8) is 0 Å². The second-order valence-electron chi connectivity index (χ2n) is 4.95. The van der Waals surface area contributed by atoms with E-state index in [1.807, 2.05) is 12.1 Å². The summed E-state index contributed by atoms with van der Waals surface area (Å²) in [5.74, 6) is -0.0398. The van der Waals surface area contributed by atoms with Crippen molar-refractivity contribution >= 4 is 5.97 Å². The number of nitrogens with zero attached hydrogens (tertiary/aromatic N) is 1. The molecule has 2 rings (SSSR count). The lowest BCUT2D eigenvalue weighted by Gasteiger charge is -2.15. The number of carboxylic acid groups (broad SMARTS) is 1. The SMILES string of the molecule is CC1CCN(CCc2cccc(C(=O)O)c2)C1. The molecule has 1 aliphatic rings. The van der Waals surface area contributed by atoms with Gasteiger partial charge in [0, 0.05) is 13.1 Å². The summed E-state index contributed by atoms with van der Waals surface area (Å²) in [4.78, 5) is 13.3. The molecule has 0 amide bonds. The first-order valence-corrected chi connectivity index (χ1v) is 6.20. The van der Waals surface area contributed by atoms with Gasteiger partial charge in [0.15, 0.2) is 0 Å². The molecule has 1 aliphatic heterocycles. The topological polar surface area (TPSA) is 40.5 Å². The highest BCUT2D eigenvalue weighted by atomic mass is 16.4. The highest BCUT2D eigenvalue weighted by Gasteiger charge is 2.17. The largest absolute Gasteiger partial charge is 0.478 e. The summed E-state index contributed by atoms with van der Waals surface area (Å²) in [5, 5.41) is 8.91. The van der Waals surface area contributed by atoms with Gasteiger partial charge in [0.25, 0.3) is 0 Å². The third kappa shape index (κ3) is 3.30. The maximum atomic E-state index is 10.8. The minimum atomic E-state index is -0.846. The van der Waals surface area contributed by atoms with Crippen molar-refractivity contribution in [1.82, 2.24) is 4.90 Å². The molecule has 0 saturated carbocycles. The molecule has 0 bridgehead atoms. The lowest BCUT2D eigenvalue weighted by molar-refractivity contribution is 0.0696. The zero-order valence-corrected chi connectivity index (χ0v) is 10.2. The van der Waals surface area contributed by atoms with Crippen LogP contribution in [0.1, 0.15) is 29.3 Å². The monoisotopic (exact) mass is 233 g/mol. The van der Waals surface area contributed by atoms with E-state index in [0.29, 0.717) is 5.56 Å². The molecule has 1 aromatic rings. The van der Waals surface area contributed by atoms with E-state index in [2.05, 4.69) is 11.8 Å². The van der Waals surface area contributed by atoms with Crippen LogP contribution in [0, 0.1) is 5.92 Å². The van der Waals surface area contributed by atoms with Crippen LogP contribution in [0.4, 0.5) is 0 Å². The van der Waals surface area contributed by atoms with Gasteiger partial charge in [-0.3, -0.25) is 0 Å². The fourth-order valence-corrected chi connectivity index (χ4v) is 2.38. The van der Waals surface area contributed by atoms with Crippen molar-refractivity contribution in [2.45, 2.75) is 19.8 Å². The summed E-state index contributed by atoms with van der Waals surface area (Å²) in [5.41, 5.74) is 1.50. The van der Waals surface area contributed by atoms with Crippen molar-refractivity contribution in [3.8, 4) is 0 Å². The molecule has 1 atom stereocenters. The first-order valence-electron chi connectivity index (χ1n) is 6.20. The van der Waals surface area contributed by atoms with Gasteiger partial charge in [-0.25, -0.2) is 4.79 Å². The smallest absolute Gasteiger partial charge is 0.335 e. The summed E-state index contributed by atoms with van der Waals surface area (Å²) in [6, 6.07) is 7.25. The maximum Gasteiger partial charge on any atom is 0.335 e. The molecule has 1 N–H and O–H groups in total. The maximum absolute atomic E-state index is 10.8. The van der Waals surface area contributed by atoms with Gasteiger partial charge in [-0.05, 0) is 43.0 Å².